The van der Waals surface area contributed by atoms with E-state index in [0.29, 0.717) is 23.5 Å². The molecule has 0 aromatic heterocycles. The van der Waals surface area contributed by atoms with Gasteiger partial charge in [0.15, 0.2) is 0 Å². The lowest BCUT2D eigenvalue weighted by atomic mass is 10.2. The van der Waals surface area contributed by atoms with Gasteiger partial charge in [-0.05, 0) is 42.0 Å². The van der Waals surface area contributed by atoms with Crippen LogP contribution in [0.2, 0.25) is 0 Å². The Morgan fingerprint density at radius 1 is 1.04 bits per heavy atom. The van der Waals surface area contributed by atoms with E-state index in [1.165, 1.54) is 31.4 Å². The van der Waals surface area contributed by atoms with Crippen LogP contribution >= 0.6 is 0 Å². The minimum absolute atomic E-state index is 0.142. The maximum absolute atomic E-state index is 13.1. The fraction of sp³-hybridized carbons (Fsp3) is 0.158. The fourth-order valence-corrected chi connectivity index (χ4v) is 2.01. The van der Waals surface area contributed by atoms with E-state index in [2.05, 4.69) is 10.6 Å². The molecule has 2 N–H and O–H groups in total. The van der Waals surface area contributed by atoms with Crippen LogP contribution in [0.5, 0.6) is 0 Å². The number of amides is 2. The maximum atomic E-state index is 13.1. The van der Waals surface area contributed by atoms with Crippen LogP contribution in [0.4, 0.5) is 20.6 Å². The largest absolute Gasteiger partial charge is 0.447 e. The highest BCUT2D eigenvalue weighted by molar-refractivity contribution is 6.02. The highest BCUT2D eigenvalue weighted by atomic mass is 19.1. The topological polar surface area (TPSA) is 76.7 Å². The van der Waals surface area contributed by atoms with Gasteiger partial charge in [0, 0.05) is 24.6 Å². The van der Waals surface area contributed by atoms with Crippen molar-refractivity contribution in [2.24, 2.45) is 0 Å². The van der Waals surface area contributed by atoms with Crippen molar-refractivity contribution in [3.05, 3.63) is 66.0 Å². The van der Waals surface area contributed by atoms with E-state index in [4.69, 9.17) is 9.47 Å². The van der Waals surface area contributed by atoms with E-state index < -0.39 is 6.09 Å². The minimum Gasteiger partial charge on any atom is -0.447 e. The lowest BCUT2D eigenvalue weighted by Crippen LogP contribution is -2.16. The Balaban J connectivity index is 1.91. The molecule has 0 bridgehead atoms. The molecule has 2 rings (SSSR count). The molecule has 2 amide bonds. The van der Waals surface area contributed by atoms with Crippen molar-refractivity contribution in [3.8, 4) is 0 Å². The van der Waals surface area contributed by atoms with Crippen LogP contribution in [-0.2, 0) is 14.3 Å². The maximum Gasteiger partial charge on any atom is 0.411 e. The number of carbonyl (C=O) groups excluding carboxylic acids is 2. The average molecular weight is 358 g/mol. The van der Waals surface area contributed by atoms with Crippen molar-refractivity contribution in [1.29, 1.82) is 0 Å². The molecule has 136 valence electrons. The van der Waals surface area contributed by atoms with E-state index in [9.17, 15) is 14.0 Å². The molecule has 2 aromatic carbocycles. The number of anilines is 2. The Morgan fingerprint density at radius 2 is 1.77 bits per heavy atom. The molecular formula is C19H19FN2O4. The lowest BCUT2D eigenvalue weighted by molar-refractivity contribution is -0.111. The molecule has 0 atom stereocenters. The van der Waals surface area contributed by atoms with Crippen LogP contribution in [0, 0.1) is 5.82 Å². The lowest BCUT2D eigenvalue weighted by Gasteiger charge is -2.08. The Labute approximate surface area is 150 Å². The average Bonchev–Trinajstić information content (AvgIpc) is 2.60. The number of nitrogens with one attached hydrogen (secondary N) is 2. The number of carbonyl (C=O) groups is 2. The van der Waals surface area contributed by atoms with Gasteiger partial charge in [0.1, 0.15) is 12.4 Å². The molecule has 26 heavy (non-hydrogen) atoms. The highest BCUT2D eigenvalue weighted by Crippen LogP contribution is 2.15. The number of ether oxygens (including phenoxy) is 2. The van der Waals surface area contributed by atoms with E-state index in [0.717, 1.165) is 0 Å². The summed E-state index contributed by atoms with van der Waals surface area (Å²) in [7, 11) is 1.51. The zero-order valence-corrected chi connectivity index (χ0v) is 14.2. The fourth-order valence-electron chi connectivity index (χ4n) is 2.01. The molecule has 0 unspecified atom stereocenters. The van der Waals surface area contributed by atoms with Gasteiger partial charge in [-0.15, -0.1) is 0 Å². The number of rotatable bonds is 7. The Hall–Kier alpha value is -3.19. The summed E-state index contributed by atoms with van der Waals surface area (Å²) in [4.78, 5) is 23.6. The van der Waals surface area contributed by atoms with Crippen LogP contribution in [0.25, 0.3) is 6.08 Å². The summed E-state index contributed by atoms with van der Waals surface area (Å²) >= 11 is 0. The number of hydrogen-bond acceptors (Lipinski definition) is 4. The summed E-state index contributed by atoms with van der Waals surface area (Å²) in [5.41, 5.74) is 1.54. The van der Waals surface area contributed by atoms with Crippen molar-refractivity contribution in [2.45, 2.75) is 0 Å². The Kier molecular flexibility index (Phi) is 7.32. The number of hydrogen-bond donors (Lipinski definition) is 2. The van der Waals surface area contributed by atoms with Crippen molar-refractivity contribution >= 4 is 29.5 Å². The second-order valence-electron chi connectivity index (χ2n) is 5.21. The van der Waals surface area contributed by atoms with Gasteiger partial charge < -0.3 is 14.8 Å². The molecule has 0 aliphatic rings. The predicted octanol–water partition coefficient (Wildman–Crippen LogP) is 3.67. The molecule has 7 heteroatoms. The SMILES string of the molecule is COCCOC(=O)Nc1cccc(NC(=O)/C=C/c2cccc(F)c2)c1. The van der Waals surface area contributed by atoms with Crippen molar-refractivity contribution < 1.29 is 23.5 Å². The Morgan fingerprint density at radius 3 is 2.50 bits per heavy atom. The summed E-state index contributed by atoms with van der Waals surface area (Å²) in [5, 5.41) is 5.21. The van der Waals surface area contributed by atoms with Gasteiger partial charge in [-0.1, -0.05) is 18.2 Å². The van der Waals surface area contributed by atoms with Crippen molar-refractivity contribution in [3.63, 3.8) is 0 Å². The third-order valence-corrected chi connectivity index (χ3v) is 3.17. The number of methoxy groups -OCH3 is 1. The van der Waals surface area contributed by atoms with Crippen LogP contribution in [0.1, 0.15) is 5.56 Å². The van der Waals surface area contributed by atoms with Crippen molar-refractivity contribution in [1.82, 2.24) is 0 Å². The van der Waals surface area contributed by atoms with Crippen LogP contribution < -0.4 is 10.6 Å². The molecule has 6 nitrogen and oxygen atoms in total. The zero-order chi connectivity index (χ0) is 18.8. The van der Waals surface area contributed by atoms with Crippen LogP contribution in [-0.4, -0.2) is 32.3 Å². The molecule has 0 fully saturated rings. The summed E-state index contributed by atoms with van der Waals surface area (Å²) in [5.74, 6) is -0.752. The van der Waals surface area contributed by atoms with E-state index in [1.807, 2.05) is 0 Å². The van der Waals surface area contributed by atoms with E-state index in [-0.39, 0.29) is 18.3 Å². The van der Waals surface area contributed by atoms with Gasteiger partial charge in [-0.3, -0.25) is 10.1 Å². The zero-order valence-electron chi connectivity index (χ0n) is 14.2. The van der Waals surface area contributed by atoms with Crippen LogP contribution in [0.3, 0.4) is 0 Å². The van der Waals surface area contributed by atoms with Gasteiger partial charge in [0.05, 0.1) is 6.61 Å². The first-order valence-electron chi connectivity index (χ1n) is 7.84. The van der Waals surface area contributed by atoms with Gasteiger partial charge >= 0.3 is 6.09 Å². The molecule has 0 saturated carbocycles. The molecular weight excluding hydrogens is 339 g/mol. The quantitative estimate of drug-likeness (QED) is 0.585. The predicted molar refractivity (Wildman–Crippen MR) is 97.4 cm³/mol. The monoisotopic (exact) mass is 358 g/mol. The van der Waals surface area contributed by atoms with Gasteiger partial charge in [-0.2, -0.15) is 0 Å². The smallest absolute Gasteiger partial charge is 0.411 e. The molecule has 0 heterocycles. The first-order chi connectivity index (χ1) is 12.6. The summed E-state index contributed by atoms with van der Waals surface area (Å²) in [6, 6.07) is 12.5. The van der Waals surface area contributed by atoms with E-state index in [1.54, 1.807) is 36.4 Å². The highest BCUT2D eigenvalue weighted by Gasteiger charge is 2.05. The molecule has 0 radical (unpaired) electrons. The van der Waals surface area contributed by atoms with Gasteiger partial charge in [0.25, 0.3) is 0 Å². The normalized spacial score (nSPS) is 10.5. The number of halogens is 1. The second-order valence-corrected chi connectivity index (χ2v) is 5.21. The summed E-state index contributed by atoms with van der Waals surface area (Å²) in [6.07, 6.45) is 2.19. The molecule has 2 aromatic rings. The van der Waals surface area contributed by atoms with Gasteiger partial charge in [-0.25, -0.2) is 9.18 Å². The molecule has 0 saturated heterocycles. The van der Waals surface area contributed by atoms with Crippen molar-refractivity contribution in [2.75, 3.05) is 31.0 Å². The second kappa shape index (κ2) is 9.95. The number of benzene rings is 2. The Bertz CT molecular complexity index is 793. The first-order valence-corrected chi connectivity index (χ1v) is 7.84. The minimum atomic E-state index is -0.614. The molecule has 0 aliphatic carbocycles. The van der Waals surface area contributed by atoms with Gasteiger partial charge in [0.2, 0.25) is 5.91 Å². The summed E-state index contributed by atoms with van der Waals surface area (Å²) in [6.45, 7) is 0.449. The van der Waals surface area contributed by atoms with Crippen LogP contribution in [0.15, 0.2) is 54.6 Å². The molecule has 0 spiro atoms. The molecule has 0 aliphatic heterocycles. The summed E-state index contributed by atoms with van der Waals surface area (Å²) < 4.78 is 22.8. The standard InChI is InChI=1S/C19H19FN2O4/c1-25-10-11-26-19(24)22-17-7-3-6-16(13-17)21-18(23)9-8-14-4-2-5-15(20)12-14/h2-9,12-13H,10-11H2,1H3,(H,21,23)(H,22,24)/b9-8+. The third kappa shape index (κ3) is 6.74. The first kappa shape index (κ1) is 19.1. The van der Waals surface area contributed by atoms with E-state index >= 15 is 0 Å². The third-order valence-electron chi connectivity index (χ3n) is 3.17.